The molecule has 9 heteroatoms. The van der Waals surface area contributed by atoms with Gasteiger partial charge in [0.2, 0.25) is 11.8 Å². The van der Waals surface area contributed by atoms with Crippen molar-refractivity contribution in [3.05, 3.63) is 29.9 Å². The van der Waals surface area contributed by atoms with Gasteiger partial charge in [-0.1, -0.05) is 5.21 Å². The third kappa shape index (κ3) is 3.25. The lowest BCUT2D eigenvalue weighted by atomic mass is 10.3. The summed E-state index contributed by atoms with van der Waals surface area (Å²) in [4.78, 5) is 28.0. The predicted molar refractivity (Wildman–Crippen MR) is 89.6 cm³/mol. The molecule has 0 bridgehead atoms. The van der Waals surface area contributed by atoms with Crippen molar-refractivity contribution in [2.75, 3.05) is 10.6 Å². The van der Waals surface area contributed by atoms with E-state index in [9.17, 15) is 9.59 Å². The van der Waals surface area contributed by atoms with E-state index < -0.39 is 0 Å². The van der Waals surface area contributed by atoms with Crippen LogP contribution in [-0.4, -0.2) is 31.8 Å². The number of nitrogens with one attached hydrogen (secondary N) is 2. The van der Waals surface area contributed by atoms with Crippen molar-refractivity contribution in [1.29, 1.82) is 0 Å². The smallest absolute Gasteiger partial charge is 0.246 e. The second kappa shape index (κ2) is 6.00. The molecular formula is C15H14N6O2S. The highest BCUT2D eigenvalue weighted by Gasteiger charge is 2.30. The van der Waals surface area contributed by atoms with E-state index in [2.05, 4.69) is 25.9 Å². The van der Waals surface area contributed by atoms with E-state index in [4.69, 9.17) is 0 Å². The maximum Gasteiger partial charge on any atom is 0.246 e. The molecule has 2 aromatic heterocycles. The molecule has 0 aliphatic heterocycles. The van der Waals surface area contributed by atoms with Crippen LogP contribution in [0.25, 0.3) is 10.2 Å². The minimum absolute atomic E-state index is 0.0209. The van der Waals surface area contributed by atoms with Gasteiger partial charge in [-0.2, -0.15) is 0 Å². The van der Waals surface area contributed by atoms with Crippen LogP contribution in [0, 0.1) is 5.92 Å². The second-order valence-corrected chi connectivity index (χ2v) is 6.53. The Hall–Kier alpha value is -2.81. The van der Waals surface area contributed by atoms with Crippen molar-refractivity contribution < 1.29 is 9.59 Å². The summed E-state index contributed by atoms with van der Waals surface area (Å²) >= 11 is 1.52. The summed E-state index contributed by atoms with van der Waals surface area (Å²) in [6.45, 7) is 0.0209. The van der Waals surface area contributed by atoms with Crippen molar-refractivity contribution in [1.82, 2.24) is 20.0 Å². The van der Waals surface area contributed by atoms with Gasteiger partial charge < -0.3 is 10.6 Å². The molecule has 1 aliphatic rings. The lowest BCUT2D eigenvalue weighted by molar-refractivity contribution is -0.117. The number of anilines is 2. The van der Waals surface area contributed by atoms with Gasteiger partial charge in [0, 0.05) is 11.6 Å². The summed E-state index contributed by atoms with van der Waals surface area (Å²) in [5.41, 5.74) is 3.38. The first kappa shape index (κ1) is 14.8. The summed E-state index contributed by atoms with van der Waals surface area (Å²) in [7, 11) is 0. The highest BCUT2D eigenvalue weighted by Crippen LogP contribution is 2.29. The molecule has 2 amide bonds. The predicted octanol–water partition coefficient (Wildman–Crippen LogP) is 1.87. The number of carbonyl (C=O) groups is 2. The van der Waals surface area contributed by atoms with Crippen LogP contribution in [0.4, 0.5) is 11.5 Å². The van der Waals surface area contributed by atoms with Gasteiger partial charge >= 0.3 is 0 Å². The number of hydrogen-bond acceptors (Lipinski definition) is 6. The summed E-state index contributed by atoms with van der Waals surface area (Å²) in [6.07, 6.45) is 3.39. The molecule has 0 atom stereocenters. The molecule has 0 radical (unpaired) electrons. The van der Waals surface area contributed by atoms with Crippen molar-refractivity contribution in [3.63, 3.8) is 0 Å². The Morgan fingerprint density at radius 1 is 1.29 bits per heavy atom. The molecular weight excluding hydrogens is 328 g/mol. The summed E-state index contributed by atoms with van der Waals surface area (Å²) in [6, 6.07) is 5.55. The molecule has 0 saturated heterocycles. The third-order valence-electron chi connectivity index (χ3n) is 3.66. The molecule has 2 N–H and O–H groups in total. The Morgan fingerprint density at radius 2 is 2.17 bits per heavy atom. The molecule has 122 valence electrons. The number of carbonyl (C=O) groups excluding carboxylic acids is 2. The maximum absolute atomic E-state index is 12.1. The summed E-state index contributed by atoms with van der Waals surface area (Å²) in [5.74, 6) is 0.207. The van der Waals surface area contributed by atoms with Gasteiger partial charge in [-0.05, 0) is 31.0 Å². The number of benzene rings is 1. The van der Waals surface area contributed by atoms with Crippen molar-refractivity contribution in [2.45, 2.75) is 19.4 Å². The van der Waals surface area contributed by atoms with Crippen LogP contribution < -0.4 is 10.6 Å². The van der Waals surface area contributed by atoms with Gasteiger partial charge in [0.05, 0.1) is 21.9 Å². The van der Waals surface area contributed by atoms with Crippen molar-refractivity contribution >= 4 is 44.9 Å². The first-order valence-electron chi connectivity index (χ1n) is 7.51. The SMILES string of the molecule is O=C(Cn1cc(NC(=O)C2CC2)nn1)Nc1ccc2ncsc2c1. The molecule has 1 aliphatic carbocycles. The van der Waals surface area contributed by atoms with Crippen LogP contribution in [-0.2, 0) is 16.1 Å². The van der Waals surface area contributed by atoms with E-state index in [0.29, 0.717) is 11.5 Å². The van der Waals surface area contributed by atoms with Gasteiger partial charge in [-0.15, -0.1) is 16.4 Å². The fourth-order valence-electron chi connectivity index (χ4n) is 2.29. The zero-order valence-electron chi connectivity index (χ0n) is 12.6. The summed E-state index contributed by atoms with van der Waals surface area (Å²) < 4.78 is 2.40. The van der Waals surface area contributed by atoms with Crippen molar-refractivity contribution in [2.24, 2.45) is 5.92 Å². The van der Waals surface area contributed by atoms with Gasteiger partial charge in [0.25, 0.3) is 0 Å². The molecule has 24 heavy (non-hydrogen) atoms. The van der Waals surface area contributed by atoms with E-state index in [1.807, 2.05) is 18.2 Å². The van der Waals surface area contributed by atoms with Crippen LogP contribution in [0.3, 0.4) is 0 Å². The number of fused-ring (bicyclic) bond motifs is 1. The first-order valence-corrected chi connectivity index (χ1v) is 8.39. The molecule has 1 aromatic carbocycles. The number of hydrogen-bond donors (Lipinski definition) is 2. The molecule has 0 spiro atoms. The number of rotatable bonds is 5. The first-order chi connectivity index (χ1) is 11.7. The molecule has 4 rings (SSSR count). The standard InChI is InChI=1S/C15H14N6O2S/c22-14(17-10-3-4-11-12(5-10)24-8-16-11)7-21-6-13(19-20-21)18-15(23)9-1-2-9/h3-6,8-9H,1-2,7H2,(H,17,22)(H,18,23). The zero-order chi connectivity index (χ0) is 16.5. The van der Waals surface area contributed by atoms with Crippen LogP contribution in [0.1, 0.15) is 12.8 Å². The Morgan fingerprint density at radius 3 is 3.00 bits per heavy atom. The van der Waals surface area contributed by atoms with Gasteiger partial charge in [0.1, 0.15) is 6.54 Å². The monoisotopic (exact) mass is 342 g/mol. The maximum atomic E-state index is 12.1. The van der Waals surface area contributed by atoms with E-state index in [1.54, 1.807) is 11.7 Å². The lowest BCUT2D eigenvalue weighted by Gasteiger charge is -2.04. The largest absolute Gasteiger partial charge is 0.324 e. The van der Waals surface area contributed by atoms with Crippen LogP contribution >= 0.6 is 11.3 Å². The van der Waals surface area contributed by atoms with Gasteiger partial charge in [-0.25, -0.2) is 9.67 Å². The second-order valence-electron chi connectivity index (χ2n) is 5.65. The highest BCUT2D eigenvalue weighted by molar-refractivity contribution is 7.16. The van der Waals surface area contributed by atoms with Crippen LogP contribution in [0.15, 0.2) is 29.9 Å². The third-order valence-corrected chi connectivity index (χ3v) is 4.45. The number of aromatic nitrogens is 4. The average Bonchev–Trinajstić information content (AvgIpc) is 3.16. The van der Waals surface area contributed by atoms with E-state index in [-0.39, 0.29) is 24.3 Å². The number of nitrogens with zero attached hydrogens (tertiary/aromatic N) is 4. The Bertz CT molecular complexity index is 913. The van der Waals surface area contributed by atoms with E-state index >= 15 is 0 Å². The quantitative estimate of drug-likeness (QED) is 0.737. The molecule has 1 saturated carbocycles. The fraction of sp³-hybridized carbons (Fsp3) is 0.267. The Balaban J connectivity index is 1.36. The highest BCUT2D eigenvalue weighted by atomic mass is 32.1. The summed E-state index contributed by atoms with van der Waals surface area (Å²) in [5, 5.41) is 13.2. The van der Waals surface area contributed by atoms with Crippen LogP contribution in [0.5, 0.6) is 0 Å². The topological polar surface area (TPSA) is 102 Å². The fourth-order valence-corrected chi connectivity index (χ4v) is 3.00. The van der Waals surface area contributed by atoms with E-state index in [1.165, 1.54) is 16.0 Å². The van der Waals surface area contributed by atoms with Gasteiger partial charge in [-0.3, -0.25) is 9.59 Å². The van der Waals surface area contributed by atoms with Crippen molar-refractivity contribution in [3.8, 4) is 0 Å². The zero-order valence-corrected chi connectivity index (χ0v) is 13.4. The Kier molecular flexibility index (Phi) is 3.69. The molecule has 3 aromatic rings. The molecule has 1 fully saturated rings. The molecule has 0 unspecified atom stereocenters. The normalized spacial score (nSPS) is 13.8. The lowest BCUT2D eigenvalue weighted by Crippen LogP contribution is -2.19. The minimum Gasteiger partial charge on any atom is -0.324 e. The van der Waals surface area contributed by atoms with E-state index in [0.717, 1.165) is 23.1 Å². The number of thiazole rings is 1. The van der Waals surface area contributed by atoms with Gasteiger partial charge in [0.15, 0.2) is 5.82 Å². The number of amides is 2. The Labute approximate surface area is 140 Å². The van der Waals surface area contributed by atoms with Crippen LogP contribution in [0.2, 0.25) is 0 Å². The molecule has 2 heterocycles. The molecule has 8 nitrogen and oxygen atoms in total. The average molecular weight is 342 g/mol. The minimum atomic E-state index is -0.219.